The Hall–Kier alpha value is -1.12. The first-order chi connectivity index (χ1) is 9.61. The second-order valence-electron chi connectivity index (χ2n) is 7.68. The molecular weight excluding hydrogens is 246 g/mol. The van der Waals surface area contributed by atoms with Crippen LogP contribution < -0.4 is 5.73 Å². The van der Waals surface area contributed by atoms with Gasteiger partial charge in [-0.05, 0) is 61.7 Å². The summed E-state index contributed by atoms with van der Waals surface area (Å²) in [5.41, 5.74) is 7.54. The Morgan fingerprint density at radius 3 is 2.15 bits per heavy atom. The van der Waals surface area contributed by atoms with Gasteiger partial charge < -0.3 is 5.73 Å². The zero-order valence-electron chi connectivity index (χ0n) is 12.5. The van der Waals surface area contributed by atoms with E-state index in [2.05, 4.69) is 23.8 Å². The smallest absolute Gasteiger partial charge is 0.133 e. The van der Waals surface area contributed by atoms with Crippen molar-refractivity contribution >= 4 is 5.82 Å². The van der Waals surface area contributed by atoms with E-state index in [1.165, 1.54) is 37.7 Å². The van der Waals surface area contributed by atoms with Crippen molar-refractivity contribution in [2.24, 2.45) is 23.7 Å². The van der Waals surface area contributed by atoms with Crippen molar-refractivity contribution in [1.82, 2.24) is 9.97 Å². The summed E-state index contributed by atoms with van der Waals surface area (Å²) in [5.74, 6) is 6.34. The molecule has 0 spiro atoms. The number of nitrogen functional groups attached to an aromatic ring is 1. The summed E-state index contributed by atoms with van der Waals surface area (Å²) < 4.78 is 0. The summed E-state index contributed by atoms with van der Waals surface area (Å²) in [6, 6.07) is 0. The van der Waals surface area contributed by atoms with Crippen LogP contribution in [0.25, 0.3) is 0 Å². The molecule has 0 aromatic carbocycles. The van der Waals surface area contributed by atoms with Gasteiger partial charge in [0.15, 0.2) is 0 Å². The van der Waals surface area contributed by atoms with E-state index in [9.17, 15) is 0 Å². The molecule has 1 aromatic rings. The number of rotatable bonds is 2. The van der Waals surface area contributed by atoms with E-state index < -0.39 is 0 Å². The number of aromatic nitrogens is 2. The maximum atomic E-state index is 6.29. The van der Waals surface area contributed by atoms with Crippen molar-refractivity contribution < 1.29 is 0 Å². The first kappa shape index (κ1) is 12.6. The highest BCUT2D eigenvalue weighted by atomic mass is 14.9. The maximum Gasteiger partial charge on any atom is 0.133 e. The van der Waals surface area contributed by atoms with Gasteiger partial charge in [-0.2, -0.15) is 0 Å². The number of nitrogens with two attached hydrogens (primary N) is 1. The van der Waals surface area contributed by atoms with Crippen LogP contribution in [0, 0.1) is 23.7 Å². The fraction of sp³-hybridized carbons (Fsp3) is 0.765. The van der Waals surface area contributed by atoms with Crippen molar-refractivity contribution in [3.63, 3.8) is 0 Å². The lowest BCUT2D eigenvalue weighted by Gasteiger charge is -2.54. The average molecular weight is 271 g/mol. The number of anilines is 1. The lowest BCUT2D eigenvalue weighted by Crippen LogP contribution is -2.44. The molecule has 0 aliphatic heterocycles. The molecule has 0 unspecified atom stereocenters. The molecular formula is C17H25N3. The molecule has 2 N–H and O–H groups in total. The molecule has 20 heavy (non-hydrogen) atoms. The van der Waals surface area contributed by atoms with Crippen molar-refractivity contribution in [2.45, 2.75) is 57.8 Å². The molecule has 4 aliphatic carbocycles. The predicted octanol–water partition coefficient (Wildman–Crippen LogP) is 3.72. The minimum Gasteiger partial charge on any atom is -0.383 e. The molecule has 0 atom stereocenters. The monoisotopic (exact) mass is 271 g/mol. The van der Waals surface area contributed by atoms with Gasteiger partial charge in [0.1, 0.15) is 11.6 Å². The van der Waals surface area contributed by atoms with Gasteiger partial charge in [0, 0.05) is 17.7 Å². The lowest BCUT2D eigenvalue weighted by atomic mass is 9.51. The van der Waals surface area contributed by atoms with Crippen LogP contribution in [0.3, 0.4) is 0 Å². The minimum absolute atomic E-state index is 0.352. The first-order valence-electron chi connectivity index (χ1n) is 8.24. The summed E-state index contributed by atoms with van der Waals surface area (Å²) in [4.78, 5) is 9.15. The van der Waals surface area contributed by atoms with Crippen LogP contribution >= 0.6 is 0 Å². The van der Waals surface area contributed by atoms with Crippen LogP contribution in [-0.4, -0.2) is 9.97 Å². The van der Waals surface area contributed by atoms with Gasteiger partial charge in [0.05, 0.1) is 0 Å². The van der Waals surface area contributed by atoms with Crippen LogP contribution in [0.5, 0.6) is 0 Å². The third-order valence-corrected chi connectivity index (χ3v) is 5.97. The number of nitrogens with zero attached hydrogens (tertiary/aromatic N) is 2. The van der Waals surface area contributed by atoms with E-state index in [0.29, 0.717) is 11.8 Å². The molecule has 108 valence electrons. The lowest BCUT2D eigenvalue weighted by molar-refractivity contribution is -0.00276. The zero-order valence-corrected chi connectivity index (χ0v) is 12.5. The molecule has 0 amide bonds. The Morgan fingerprint density at radius 1 is 1.05 bits per heavy atom. The number of hydrogen-bond donors (Lipinski definition) is 1. The normalized spacial score (nSPS) is 38.6. The Balaban J connectivity index is 1.67. The fourth-order valence-electron chi connectivity index (χ4n) is 5.39. The van der Waals surface area contributed by atoms with E-state index in [0.717, 1.165) is 35.3 Å². The van der Waals surface area contributed by atoms with Gasteiger partial charge in [0.2, 0.25) is 0 Å². The summed E-state index contributed by atoms with van der Waals surface area (Å²) in [5, 5.41) is 0. The van der Waals surface area contributed by atoms with Crippen molar-refractivity contribution in [2.75, 3.05) is 5.73 Å². The highest BCUT2D eigenvalue weighted by molar-refractivity contribution is 5.42. The van der Waals surface area contributed by atoms with Crippen molar-refractivity contribution in [3.8, 4) is 0 Å². The van der Waals surface area contributed by atoms with E-state index >= 15 is 0 Å². The van der Waals surface area contributed by atoms with Crippen molar-refractivity contribution in [3.05, 3.63) is 17.6 Å². The Kier molecular flexibility index (Phi) is 2.80. The molecule has 0 radical (unpaired) electrons. The zero-order chi connectivity index (χ0) is 13.9. The van der Waals surface area contributed by atoms with Gasteiger partial charge in [-0.15, -0.1) is 0 Å². The van der Waals surface area contributed by atoms with Gasteiger partial charge >= 0.3 is 0 Å². The molecule has 4 fully saturated rings. The summed E-state index contributed by atoms with van der Waals surface area (Å²) in [6.07, 6.45) is 9.22. The highest BCUT2D eigenvalue weighted by Gasteiger charge is 2.49. The maximum absolute atomic E-state index is 6.29. The molecule has 4 bridgehead atoms. The standard InChI is InChI=1S/C17H25N3/c1-9(2)17-19-8-14(16(18)20-17)15-12-4-10-3-11(6-12)7-13(15)5-10/h8-13,15H,3-7H2,1-2H3,(H2,18,19,20). The van der Waals surface area contributed by atoms with E-state index in [1.807, 2.05) is 6.20 Å². The van der Waals surface area contributed by atoms with Gasteiger partial charge in [-0.3, -0.25) is 0 Å². The first-order valence-corrected chi connectivity index (χ1v) is 8.24. The SMILES string of the molecule is CC(C)c1ncc(C2C3CC4CC(C3)CC2C4)c(N)n1. The third-order valence-electron chi connectivity index (χ3n) is 5.97. The van der Waals surface area contributed by atoms with Crippen LogP contribution in [0.4, 0.5) is 5.82 Å². The molecule has 4 saturated carbocycles. The molecule has 0 saturated heterocycles. The Bertz CT molecular complexity index is 495. The van der Waals surface area contributed by atoms with Gasteiger partial charge in [-0.25, -0.2) is 9.97 Å². The quantitative estimate of drug-likeness (QED) is 0.892. The van der Waals surface area contributed by atoms with E-state index in [4.69, 9.17) is 5.73 Å². The predicted molar refractivity (Wildman–Crippen MR) is 80.3 cm³/mol. The second-order valence-corrected chi connectivity index (χ2v) is 7.68. The highest BCUT2D eigenvalue weighted by Crippen LogP contribution is 2.60. The number of hydrogen-bond acceptors (Lipinski definition) is 3. The third kappa shape index (κ3) is 1.86. The Labute approximate surface area is 121 Å². The summed E-state index contributed by atoms with van der Waals surface area (Å²) in [7, 11) is 0. The van der Waals surface area contributed by atoms with Gasteiger partial charge in [-0.1, -0.05) is 13.8 Å². The molecule has 1 aromatic heterocycles. The molecule has 3 heteroatoms. The molecule has 5 rings (SSSR count). The van der Waals surface area contributed by atoms with Crippen LogP contribution in [0.1, 0.15) is 69.2 Å². The van der Waals surface area contributed by atoms with Crippen molar-refractivity contribution in [1.29, 1.82) is 0 Å². The molecule has 4 aliphatic rings. The van der Waals surface area contributed by atoms with Crippen LogP contribution in [0.15, 0.2) is 6.20 Å². The van der Waals surface area contributed by atoms with Crippen LogP contribution in [-0.2, 0) is 0 Å². The largest absolute Gasteiger partial charge is 0.383 e. The summed E-state index contributed by atoms with van der Waals surface area (Å²) in [6.45, 7) is 4.24. The van der Waals surface area contributed by atoms with Gasteiger partial charge in [0.25, 0.3) is 0 Å². The topological polar surface area (TPSA) is 51.8 Å². The molecule has 3 nitrogen and oxygen atoms in total. The minimum atomic E-state index is 0.352. The second kappa shape index (κ2) is 4.44. The Morgan fingerprint density at radius 2 is 1.65 bits per heavy atom. The van der Waals surface area contributed by atoms with E-state index in [1.54, 1.807) is 0 Å². The summed E-state index contributed by atoms with van der Waals surface area (Å²) >= 11 is 0. The van der Waals surface area contributed by atoms with Crippen LogP contribution in [0.2, 0.25) is 0 Å². The average Bonchev–Trinajstić information content (AvgIpc) is 2.38. The molecule has 1 heterocycles. The fourth-order valence-corrected chi connectivity index (χ4v) is 5.39. The van der Waals surface area contributed by atoms with E-state index in [-0.39, 0.29) is 0 Å².